The van der Waals surface area contributed by atoms with Gasteiger partial charge in [-0.3, -0.25) is 4.79 Å². The van der Waals surface area contributed by atoms with E-state index in [0.717, 1.165) is 17.5 Å². The third-order valence-corrected chi connectivity index (χ3v) is 3.03. The lowest BCUT2D eigenvalue weighted by Gasteiger charge is -2.03. The third-order valence-electron chi connectivity index (χ3n) is 3.03. The molecule has 0 unspecified atom stereocenters. The molecule has 0 atom stereocenters. The average molecular weight is 208 g/mol. The lowest BCUT2D eigenvalue weighted by atomic mass is 10.0. The largest absolute Gasteiger partial charge is 0.366 e. The van der Waals surface area contributed by atoms with Crippen LogP contribution in [0.4, 0.5) is 0 Å². The van der Waals surface area contributed by atoms with Gasteiger partial charge in [-0.05, 0) is 34.7 Å². The van der Waals surface area contributed by atoms with Gasteiger partial charge in [0, 0.05) is 0 Å². The van der Waals surface area contributed by atoms with Gasteiger partial charge in [0.25, 0.3) is 0 Å². The normalized spacial score (nSPS) is 12.0. The van der Waals surface area contributed by atoms with E-state index in [0.29, 0.717) is 5.56 Å². The molecule has 2 nitrogen and oxygen atoms in total. The Kier molecular flexibility index (Phi) is 1.83. The van der Waals surface area contributed by atoms with Crippen molar-refractivity contribution in [1.82, 2.24) is 0 Å². The van der Waals surface area contributed by atoms with E-state index in [9.17, 15) is 4.79 Å². The van der Waals surface area contributed by atoms with Crippen LogP contribution in [-0.4, -0.2) is 5.91 Å². The van der Waals surface area contributed by atoms with Gasteiger partial charge in [-0.1, -0.05) is 36.4 Å². The molecule has 1 aliphatic carbocycles. The standard InChI is InChI=1S/C14H10NO/c15-14(16)12-7-3-6-11-10-5-2-1-4-9(10)8-13(11)12/h1-6H,8H2,(H2,15,16). The van der Waals surface area contributed by atoms with Crippen molar-refractivity contribution in [1.29, 1.82) is 0 Å². The maximum absolute atomic E-state index is 11.3. The maximum atomic E-state index is 11.3. The average Bonchev–Trinajstić information content (AvgIpc) is 2.67. The molecule has 1 radical (unpaired) electrons. The molecule has 0 spiro atoms. The number of benzene rings is 2. The predicted molar refractivity (Wildman–Crippen MR) is 62.0 cm³/mol. The van der Waals surface area contributed by atoms with Crippen molar-refractivity contribution < 1.29 is 4.79 Å². The van der Waals surface area contributed by atoms with Crippen LogP contribution in [0.1, 0.15) is 21.5 Å². The van der Waals surface area contributed by atoms with Crippen molar-refractivity contribution in [2.45, 2.75) is 6.42 Å². The molecule has 0 saturated heterocycles. The summed E-state index contributed by atoms with van der Waals surface area (Å²) in [5.41, 5.74) is 10.5. The fraction of sp³-hybridized carbons (Fsp3) is 0.0714. The highest BCUT2D eigenvalue weighted by molar-refractivity contribution is 5.97. The van der Waals surface area contributed by atoms with Crippen LogP contribution in [0.3, 0.4) is 0 Å². The van der Waals surface area contributed by atoms with Gasteiger partial charge in [-0.25, -0.2) is 0 Å². The number of rotatable bonds is 1. The van der Waals surface area contributed by atoms with Crippen LogP contribution in [0, 0.1) is 6.07 Å². The van der Waals surface area contributed by atoms with E-state index in [-0.39, 0.29) is 0 Å². The molecule has 2 heteroatoms. The molecular weight excluding hydrogens is 198 g/mol. The number of primary amides is 1. The molecule has 1 aliphatic rings. The van der Waals surface area contributed by atoms with Gasteiger partial charge in [0.1, 0.15) is 0 Å². The second-order valence-electron chi connectivity index (χ2n) is 3.94. The third kappa shape index (κ3) is 1.16. The minimum Gasteiger partial charge on any atom is -0.366 e. The smallest absolute Gasteiger partial charge is 0.249 e. The quantitative estimate of drug-likeness (QED) is 0.654. The highest BCUT2D eigenvalue weighted by Gasteiger charge is 2.22. The zero-order chi connectivity index (χ0) is 11.1. The van der Waals surface area contributed by atoms with Crippen LogP contribution in [-0.2, 0) is 6.42 Å². The van der Waals surface area contributed by atoms with Gasteiger partial charge in [-0.15, -0.1) is 0 Å². The number of amides is 1. The summed E-state index contributed by atoms with van der Waals surface area (Å²) >= 11 is 0. The zero-order valence-electron chi connectivity index (χ0n) is 8.66. The van der Waals surface area contributed by atoms with E-state index in [1.54, 1.807) is 6.07 Å². The van der Waals surface area contributed by atoms with Crippen LogP contribution in [0.15, 0.2) is 36.4 Å². The minimum atomic E-state index is -0.398. The lowest BCUT2D eigenvalue weighted by Crippen LogP contribution is -2.13. The maximum Gasteiger partial charge on any atom is 0.249 e. The Bertz CT molecular complexity index is 587. The van der Waals surface area contributed by atoms with Crippen molar-refractivity contribution in [3.05, 3.63) is 59.2 Å². The SMILES string of the molecule is NC(=O)c1[c]ccc2c1Cc1ccccc1-2. The first-order chi connectivity index (χ1) is 7.77. The monoisotopic (exact) mass is 208 g/mol. The van der Waals surface area contributed by atoms with Crippen LogP contribution in [0.2, 0.25) is 0 Å². The van der Waals surface area contributed by atoms with E-state index in [2.05, 4.69) is 18.2 Å². The molecule has 0 fully saturated rings. The number of hydrogen-bond acceptors (Lipinski definition) is 1. The van der Waals surface area contributed by atoms with Gasteiger partial charge in [0.05, 0.1) is 5.56 Å². The van der Waals surface area contributed by atoms with Crippen molar-refractivity contribution in [3.8, 4) is 11.1 Å². The Morgan fingerprint density at radius 2 is 2.00 bits per heavy atom. The van der Waals surface area contributed by atoms with Crippen molar-refractivity contribution in [3.63, 3.8) is 0 Å². The first kappa shape index (κ1) is 9.16. The molecule has 0 aliphatic heterocycles. The summed E-state index contributed by atoms with van der Waals surface area (Å²) < 4.78 is 0. The molecule has 0 aromatic heterocycles. The molecule has 0 bridgehead atoms. The molecule has 16 heavy (non-hydrogen) atoms. The van der Waals surface area contributed by atoms with E-state index >= 15 is 0 Å². The Morgan fingerprint density at radius 3 is 2.81 bits per heavy atom. The minimum absolute atomic E-state index is 0.398. The molecule has 0 saturated carbocycles. The van der Waals surface area contributed by atoms with Crippen molar-refractivity contribution in [2.24, 2.45) is 5.73 Å². The molecule has 2 aromatic carbocycles. The van der Waals surface area contributed by atoms with Crippen molar-refractivity contribution >= 4 is 5.91 Å². The Balaban J connectivity index is 2.28. The molecule has 2 aromatic rings. The molecule has 1 amide bonds. The summed E-state index contributed by atoms with van der Waals surface area (Å²) in [4.78, 5) is 11.3. The Hall–Kier alpha value is -2.09. The topological polar surface area (TPSA) is 43.1 Å². The van der Waals surface area contributed by atoms with E-state index in [4.69, 9.17) is 5.73 Å². The van der Waals surface area contributed by atoms with Gasteiger partial charge < -0.3 is 5.73 Å². The second kappa shape index (κ2) is 3.20. The first-order valence-electron chi connectivity index (χ1n) is 5.19. The molecule has 0 heterocycles. The summed E-state index contributed by atoms with van der Waals surface area (Å²) in [6, 6.07) is 14.9. The fourth-order valence-corrected chi connectivity index (χ4v) is 2.31. The first-order valence-corrected chi connectivity index (χ1v) is 5.19. The summed E-state index contributed by atoms with van der Waals surface area (Å²) in [7, 11) is 0. The van der Waals surface area contributed by atoms with Crippen LogP contribution < -0.4 is 5.73 Å². The molecule has 77 valence electrons. The highest BCUT2D eigenvalue weighted by Crippen LogP contribution is 2.37. The molecular formula is C14H10NO. The van der Waals surface area contributed by atoms with Gasteiger partial charge >= 0.3 is 0 Å². The van der Waals surface area contributed by atoms with Gasteiger partial charge in [0.15, 0.2) is 0 Å². The predicted octanol–water partition coefficient (Wildman–Crippen LogP) is 2.16. The van der Waals surface area contributed by atoms with E-state index in [1.807, 2.05) is 18.2 Å². The van der Waals surface area contributed by atoms with Crippen LogP contribution >= 0.6 is 0 Å². The lowest BCUT2D eigenvalue weighted by molar-refractivity contribution is 0.0999. The Labute approximate surface area is 93.7 Å². The Morgan fingerprint density at radius 1 is 1.19 bits per heavy atom. The van der Waals surface area contributed by atoms with E-state index in [1.165, 1.54) is 11.1 Å². The second-order valence-corrected chi connectivity index (χ2v) is 3.94. The summed E-state index contributed by atoms with van der Waals surface area (Å²) in [5, 5.41) is 0. The summed E-state index contributed by atoms with van der Waals surface area (Å²) in [6.45, 7) is 0. The zero-order valence-corrected chi connectivity index (χ0v) is 8.66. The van der Waals surface area contributed by atoms with E-state index < -0.39 is 5.91 Å². The van der Waals surface area contributed by atoms with Crippen LogP contribution in [0.5, 0.6) is 0 Å². The van der Waals surface area contributed by atoms with Crippen molar-refractivity contribution in [2.75, 3.05) is 0 Å². The van der Waals surface area contributed by atoms with Gasteiger partial charge in [-0.2, -0.15) is 0 Å². The highest BCUT2D eigenvalue weighted by atomic mass is 16.1. The number of hydrogen-bond donors (Lipinski definition) is 1. The molecule has 3 rings (SSSR count). The number of carbonyl (C=O) groups excluding carboxylic acids is 1. The van der Waals surface area contributed by atoms with Gasteiger partial charge in [0.2, 0.25) is 5.91 Å². The summed E-state index contributed by atoms with van der Waals surface area (Å²) in [6.07, 6.45) is 0.779. The molecule has 2 N–H and O–H groups in total. The summed E-state index contributed by atoms with van der Waals surface area (Å²) in [5.74, 6) is -0.398. The van der Waals surface area contributed by atoms with Crippen LogP contribution in [0.25, 0.3) is 11.1 Å². The fourth-order valence-electron chi connectivity index (χ4n) is 2.31. The number of fused-ring (bicyclic) bond motifs is 3. The number of carbonyl (C=O) groups is 1. The number of nitrogens with two attached hydrogens (primary N) is 1.